The molecule has 0 atom stereocenters. The summed E-state index contributed by atoms with van der Waals surface area (Å²) in [5.41, 5.74) is 5.18. The molecule has 2 aromatic heterocycles. The number of rotatable bonds is 3. The van der Waals surface area contributed by atoms with Crippen LogP contribution in [0.25, 0.3) is 11.2 Å². The van der Waals surface area contributed by atoms with E-state index in [0.29, 0.717) is 12.2 Å². The molecule has 0 amide bonds. The van der Waals surface area contributed by atoms with E-state index in [4.69, 9.17) is 0 Å². The van der Waals surface area contributed by atoms with Crippen molar-refractivity contribution < 1.29 is 0 Å². The molecule has 0 aliphatic carbocycles. The number of piperazine rings is 1. The molecular weight excluding hydrogens is 328 g/mol. The topological polar surface area (TPSA) is 70.1 Å². The first kappa shape index (κ1) is 16.6. The van der Waals surface area contributed by atoms with E-state index < -0.39 is 0 Å². The number of hydrogen-bond acceptors (Lipinski definition) is 5. The molecule has 0 saturated carbocycles. The van der Waals surface area contributed by atoms with Crippen LogP contribution in [0.3, 0.4) is 0 Å². The van der Waals surface area contributed by atoms with Crippen LogP contribution in [0, 0.1) is 13.8 Å². The highest BCUT2D eigenvalue weighted by Gasteiger charge is 2.22. The third-order valence-electron chi connectivity index (χ3n) is 5.14. The van der Waals surface area contributed by atoms with Gasteiger partial charge < -0.3 is 14.8 Å². The van der Waals surface area contributed by atoms with Gasteiger partial charge >= 0.3 is 5.69 Å². The van der Waals surface area contributed by atoms with E-state index >= 15 is 0 Å². The summed E-state index contributed by atoms with van der Waals surface area (Å²) < 4.78 is 1.65. The lowest BCUT2D eigenvalue weighted by atomic mass is 10.1. The Morgan fingerprint density at radius 2 is 1.81 bits per heavy atom. The maximum absolute atomic E-state index is 12.1. The fourth-order valence-corrected chi connectivity index (χ4v) is 3.71. The maximum Gasteiger partial charge on any atom is 0.327 e. The number of H-pyrrole nitrogens is 1. The number of aromatic amines is 1. The molecule has 136 valence electrons. The molecule has 1 N–H and O–H groups in total. The van der Waals surface area contributed by atoms with Crippen LogP contribution in [0.5, 0.6) is 0 Å². The number of hydrogen-bond donors (Lipinski definition) is 1. The monoisotopic (exact) mass is 352 g/mol. The lowest BCUT2D eigenvalue weighted by molar-refractivity contribution is 0.647. The average molecular weight is 352 g/mol. The molecule has 3 heterocycles. The molecule has 1 aliphatic heterocycles. The molecule has 0 unspecified atom stereocenters. The Morgan fingerprint density at radius 1 is 1.08 bits per heavy atom. The van der Waals surface area contributed by atoms with Gasteiger partial charge in [-0.3, -0.25) is 4.57 Å². The summed E-state index contributed by atoms with van der Waals surface area (Å²) >= 11 is 0. The largest absolute Gasteiger partial charge is 0.368 e. The minimum atomic E-state index is -0.127. The first-order valence-electron chi connectivity index (χ1n) is 9.09. The van der Waals surface area contributed by atoms with E-state index in [1.807, 2.05) is 6.92 Å². The van der Waals surface area contributed by atoms with Gasteiger partial charge in [0.2, 0.25) is 0 Å². The van der Waals surface area contributed by atoms with Crippen LogP contribution in [0.2, 0.25) is 0 Å². The molecule has 1 fully saturated rings. The minimum Gasteiger partial charge on any atom is -0.368 e. The Morgan fingerprint density at radius 3 is 2.54 bits per heavy atom. The average Bonchev–Trinajstić information content (AvgIpc) is 2.99. The van der Waals surface area contributed by atoms with Crippen molar-refractivity contribution in [3.8, 4) is 0 Å². The SMILES string of the molecule is CCn1c(=O)[nH]c2c(N3CCN(c4cc(C)ccc4C)CC3)ncnc21. The van der Waals surface area contributed by atoms with Gasteiger partial charge in [-0.05, 0) is 38.0 Å². The second kappa shape index (κ2) is 6.48. The molecule has 1 aromatic carbocycles. The number of imidazole rings is 1. The van der Waals surface area contributed by atoms with Crippen molar-refractivity contribution >= 4 is 22.7 Å². The van der Waals surface area contributed by atoms with E-state index in [-0.39, 0.29) is 5.69 Å². The van der Waals surface area contributed by atoms with E-state index in [1.54, 1.807) is 10.9 Å². The zero-order valence-electron chi connectivity index (χ0n) is 15.5. The van der Waals surface area contributed by atoms with Crippen molar-refractivity contribution in [1.82, 2.24) is 19.5 Å². The molecule has 0 spiro atoms. The smallest absolute Gasteiger partial charge is 0.327 e. The number of aryl methyl sites for hydroxylation is 3. The van der Waals surface area contributed by atoms with Crippen molar-refractivity contribution in [2.24, 2.45) is 0 Å². The molecule has 1 saturated heterocycles. The maximum atomic E-state index is 12.1. The van der Waals surface area contributed by atoms with Crippen molar-refractivity contribution in [3.05, 3.63) is 46.1 Å². The number of nitrogens with zero attached hydrogens (tertiary/aromatic N) is 5. The molecule has 4 rings (SSSR count). The van der Waals surface area contributed by atoms with Gasteiger partial charge in [0.1, 0.15) is 11.8 Å². The summed E-state index contributed by atoms with van der Waals surface area (Å²) in [6.45, 7) is 10.4. The Balaban J connectivity index is 1.60. The Kier molecular flexibility index (Phi) is 4.14. The van der Waals surface area contributed by atoms with Crippen LogP contribution in [-0.2, 0) is 6.54 Å². The first-order chi connectivity index (χ1) is 12.6. The zero-order chi connectivity index (χ0) is 18.3. The van der Waals surface area contributed by atoms with Crippen LogP contribution in [0.4, 0.5) is 11.5 Å². The molecular formula is C19H24N6O. The van der Waals surface area contributed by atoms with Crippen molar-refractivity contribution in [3.63, 3.8) is 0 Å². The van der Waals surface area contributed by atoms with Crippen molar-refractivity contribution in [2.75, 3.05) is 36.0 Å². The Hall–Kier alpha value is -2.83. The number of aromatic nitrogens is 4. The Labute approximate surface area is 152 Å². The molecule has 26 heavy (non-hydrogen) atoms. The predicted molar refractivity (Wildman–Crippen MR) is 104 cm³/mol. The second-order valence-corrected chi connectivity index (χ2v) is 6.83. The van der Waals surface area contributed by atoms with Crippen LogP contribution in [-0.4, -0.2) is 45.7 Å². The van der Waals surface area contributed by atoms with Crippen LogP contribution >= 0.6 is 0 Å². The van der Waals surface area contributed by atoms with Crippen LogP contribution in [0.15, 0.2) is 29.3 Å². The van der Waals surface area contributed by atoms with Gasteiger partial charge in [-0.25, -0.2) is 14.8 Å². The summed E-state index contributed by atoms with van der Waals surface area (Å²) in [6.07, 6.45) is 1.55. The molecule has 7 heteroatoms. The lowest BCUT2D eigenvalue weighted by Crippen LogP contribution is -2.47. The normalized spacial score (nSPS) is 15.0. The fourth-order valence-electron chi connectivity index (χ4n) is 3.71. The van der Waals surface area contributed by atoms with Gasteiger partial charge in [-0.1, -0.05) is 12.1 Å². The van der Waals surface area contributed by atoms with E-state index in [0.717, 1.165) is 37.5 Å². The molecule has 0 bridgehead atoms. The number of nitrogens with one attached hydrogen (secondary N) is 1. The summed E-state index contributed by atoms with van der Waals surface area (Å²) in [6, 6.07) is 6.59. The zero-order valence-corrected chi connectivity index (χ0v) is 15.5. The second-order valence-electron chi connectivity index (χ2n) is 6.83. The number of fused-ring (bicyclic) bond motifs is 1. The Bertz CT molecular complexity index is 997. The van der Waals surface area contributed by atoms with E-state index in [1.165, 1.54) is 16.8 Å². The standard InChI is InChI=1S/C19H24N6O/c1-4-25-18-16(22-19(25)26)17(20-12-21-18)24-9-7-23(8-10-24)15-11-13(2)5-6-14(15)3/h5-6,11-12H,4,7-10H2,1-3H3,(H,22,26). The number of anilines is 2. The van der Waals surface area contributed by atoms with E-state index in [9.17, 15) is 4.79 Å². The first-order valence-corrected chi connectivity index (χ1v) is 9.09. The van der Waals surface area contributed by atoms with Crippen molar-refractivity contribution in [1.29, 1.82) is 0 Å². The van der Waals surface area contributed by atoms with Crippen LogP contribution < -0.4 is 15.5 Å². The van der Waals surface area contributed by atoms with Gasteiger partial charge in [0.05, 0.1) is 0 Å². The fraction of sp³-hybridized carbons (Fsp3) is 0.421. The third kappa shape index (κ3) is 2.73. The third-order valence-corrected chi connectivity index (χ3v) is 5.14. The highest BCUT2D eigenvalue weighted by atomic mass is 16.1. The lowest BCUT2D eigenvalue weighted by Gasteiger charge is -2.37. The summed E-state index contributed by atoms with van der Waals surface area (Å²) in [7, 11) is 0. The predicted octanol–water partition coefficient (Wildman–Crippen LogP) is 2.08. The van der Waals surface area contributed by atoms with Crippen LogP contribution in [0.1, 0.15) is 18.1 Å². The molecule has 3 aromatic rings. The minimum absolute atomic E-state index is 0.127. The van der Waals surface area contributed by atoms with Gasteiger partial charge in [0, 0.05) is 38.4 Å². The highest BCUT2D eigenvalue weighted by molar-refractivity contribution is 5.83. The van der Waals surface area contributed by atoms with Gasteiger partial charge in [0.15, 0.2) is 11.5 Å². The molecule has 7 nitrogen and oxygen atoms in total. The summed E-state index contributed by atoms with van der Waals surface area (Å²) in [4.78, 5) is 28.5. The van der Waals surface area contributed by atoms with E-state index in [2.05, 4.69) is 56.8 Å². The number of benzene rings is 1. The summed E-state index contributed by atoms with van der Waals surface area (Å²) in [5.74, 6) is 0.819. The molecule has 1 aliphatic rings. The van der Waals surface area contributed by atoms with Gasteiger partial charge in [0.25, 0.3) is 0 Å². The molecule has 0 radical (unpaired) electrons. The highest BCUT2D eigenvalue weighted by Crippen LogP contribution is 2.26. The van der Waals surface area contributed by atoms with Crippen molar-refractivity contribution in [2.45, 2.75) is 27.3 Å². The van der Waals surface area contributed by atoms with Gasteiger partial charge in [-0.15, -0.1) is 0 Å². The van der Waals surface area contributed by atoms with Gasteiger partial charge in [-0.2, -0.15) is 0 Å². The quantitative estimate of drug-likeness (QED) is 0.782. The summed E-state index contributed by atoms with van der Waals surface area (Å²) in [5, 5.41) is 0.